The highest BCUT2D eigenvalue weighted by Gasteiger charge is 2.14. The summed E-state index contributed by atoms with van der Waals surface area (Å²) in [5, 5.41) is 43.2. The van der Waals surface area contributed by atoms with Crippen molar-refractivity contribution in [1.29, 1.82) is 0 Å². The van der Waals surface area contributed by atoms with E-state index in [2.05, 4.69) is 15.9 Å². The van der Waals surface area contributed by atoms with Crippen LogP contribution in [0.3, 0.4) is 0 Å². The second-order valence-corrected chi connectivity index (χ2v) is 12.6. The Bertz CT molecular complexity index is 1740. The molecule has 0 aliphatic carbocycles. The van der Waals surface area contributed by atoms with Crippen LogP contribution in [-0.4, -0.2) is 73.6 Å². The van der Waals surface area contributed by atoms with Gasteiger partial charge in [0.05, 0.1) is 0 Å². The minimum Gasteiger partial charge on any atom is -0.508 e. The molecule has 4 aromatic carbocycles. The number of aromatic hydroxyl groups is 1. The second-order valence-electron chi connectivity index (χ2n) is 11.7. The third-order valence-corrected chi connectivity index (χ3v) is 7.45. The fraction of sp³-hybridized carbons (Fsp3) is 0.243. The van der Waals surface area contributed by atoms with Crippen molar-refractivity contribution in [3.8, 4) is 5.75 Å². The molecule has 0 aromatic heterocycles. The molecule has 0 radical (unpaired) electrons. The van der Waals surface area contributed by atoms with Crippen LogP contribution in [-0.2, 0) is 44.9 Å². The normalized spacial score (nSPS) is 11.6. The largest absolute Gasteiger partial charge is 0.508 e. The molecule has 4 atom stereocenters. The summed E-state index contributed by atoms with van der Waals surface area (Å²) in [4.78, 5) is 41.7. The van der Waals surface area contributed by atoms with Crippen LogP contribution in [0.4, 0.5) is 8.78 Å². The van der Waals surface area contributed by atoms with E-state index < -0.39 is 59.7 Å². The van der Waals surface area contributed by atoms with E-state index in [0.29, 0.717) is 12.8 Å². The molecule has 0 aliphatic rings. The monoisotopic (exact) mass is 940 g/mol. The fourth-order valence-electron chi connectivity index (χ4n) is 4.24. The second kappa shape index (κ2) is 31.2. The number of phenolic OH excluding ortho intramolecular Hbond substituents is 1. The van der Waals surface area contributed by atoms with Crippen LogP contribution in [0.2, 0.25) is 0 Å². The lowest BCUT2D eigenvalue weighted by Crippen LogP contribution is -2.32. The van der Waals surface area contributed by atoms with Gasteiger partial charge in [0.15, 0.2) is 0 Å². The summed E-state index contributed by atoms with van der Waals surface area (Å²) < 4.78 is 26.3. The maximum atomic E-state index is 12.7. The number of hydrogen-bond donors (Lipinski definition) is 9. The van der Waals surface area contributed by atoms with Crippen molar-refractivity contribution in [1.82, 2.24) is 0 Å². The molecule has 13 nitrogen and oxygen atoms in total. The van der Waals surface area contributed by atoms with E-state index in [4.69, 9.17) is 48.5 Å². The molecule has 0 bridgehead atoms. The lowest BCUT2D eigenvalue weighted by atomic mass is 10.0. The van der Waals surface area contributed by atoms with Crippen molar-refractivity contribution in [2.24, 2.45) is 22.9 Å². The van der Waals surface area contributed by atoms with Crippen molar-refractivity contribution < 1.29 is 53.5 Å². The molecule has 0 saturated carbocycles. The first kappa shape index (κ1) is 59.8. The highest BCUT2D eigenvalue weighted by molar-refractivity contribution is 9.10. The van der Waals surface area contributed by atoms with Gasteiger partial charge in [-0.3, -0.25) is 19.2 Å². The Morgan fingerprint density at radius 3 is 1.25 bits per heavy atom. The van der Waals surface area contributed by atoms with Crippen LogP contribution < -0.4 is 22.9 Å². The number of carbonyl (C=O) groups is 4. The van der Waals surface area contributed by atoms with Crippen LogP contribution in [0.5, 0.6) is 5.75 Å². The summed E-state index contributed by atoms with van der Waals surface area (Å²) in [6.45, 7) is 1.97. The molecule has 0 spiro atoms. The Hall–Kier alpha value is -3.86. The van der Waals surface area contributed by atoms with Gasteiger partial charge < -0.3 is 48.5 Å². The van der Waals surface area contributed by atoms with Gasteiger partial charge in [-0.05, 0) is 91.3 Å². The molecule has 0 unspecified atom stereocenters. The minimum absolute atomic E-state index is 0. The quantitative estimate of drug-likeness (QED) is 0.0971. The van der Waals surface area contributed by atoms with E-state index in [0.717, 1.165) is 44.9 Å². The zero-order chi connectivity index (χ0) is 40.2. The summed E-state index contributed by atoms with van der Waals surface area (Å²) in [6, 6.07) is 20.7. The number of nitrogens with two attached hydrogens (primary N) is 4. The summed E-state index contributed by atoms with van der Waals surface area (Å²) in [5.41, 5.74) is 25.3. The molecule has 57 heavy (non-hydrogen) atoms. The number of aliphatic carboxylic acids is 4. The highest BCUT2D eigenvalue weighted by Crippen LogP contribution is 2.13. The summed E-state index contributed by atoms with van der Waals surface area (Å²) in [7, 11) is 0. The van der Waals surface area contributed by atoms with Gasteiger partial charge in [0.25, 0.3) is 0 Å². The van der Waals surface area contributed by atoms with Gasteiger partial charge in [0.2, 0.25) is 0 Å². The molecule has 20 heteroatoms. The third kappa shape index (κ3) is 26.6. The maximum Gasteiger partial charge on any atom is 0.320 e. The first-order valence-corrected chi connectivity index (χ1v) is 16.5. The average molecular weight is 942 g/mol. The first-order valence-electron chi connectivity index (χ1n) is 15.7. The molecule has 4 rings (SSSR count). The molecule has 0 saturated heterocycles. The molecule has 4 aromatic rings. The Morgan fingerprint density at radius 2 is 0.877 bits per heavy atom. The Kier molecular flexibility index (Phi) is 32.7. The van der Waals surface area contributed by atoms with Crippen molar-refractivity contribution in [2.75, 3.05) is 0 Å². The van der Waals surface area contributed by atoms with Gasteiger partial charge in [-0.2, -0.15) is 54.0 Å². The van der Waals surface area contributed by atoms with Crippen molar-refractivity contribution in [3.05, 3.63) is 135 Å². The molecular weight excluding hydrogens is 891 g/mol. The summed E-state index contributed by atoms with van der Waals surface area (Å²) >= 11 is 3.29. The van der Waals surface area contributed by atoms with Crippen LogP contribution in [0.25, 0.3) is 0 Å². The number of halogens is 3. The summed E-state index contributed by atoms with van der Waals surface area (Å²) in [6.07, 6.45) is 0.882. The van der Waals surface area contributed by atoms with Crippen molar-refractivity contribution in [2.45, 2.75) is 56.8 Å². The van der Waals surface area contributed by atoms with Crippen LogP contribution >= 0.6 is 69.9 Å². The fourth-order valence-corrected chi connectivity index (χ4v) is 4.50. The Balaban J connectivity index is -0.000000321. The summed E-state index contributed by atoms with van der Waals surface area (Å²) in [5.74, 6) is -5.52. The molecule has 0 amide bonds. The highest BCUT2D eigenvalue weighted by atomic mass is 79.9. The minimum atomic E-state index is -1.20. The molecule has 0 fully saturated rings. The third-order valence-electron chi connectivity index (χ3n) is 6.92. The van der Waals surface area contributed by atoms with Gasteiger partial charge >= 0.3 is 23.9 Å². The lowest BCUT2D eigenvalue weighted by Gasteiger charge is -2.06. The van der Waals surface area contributed by atoms with Gasteiger partial charge in [0.1, 0.15) is 41.6 Å². The lowest BCUT2D eigenvalue weighted by molar-refractivity contribution is -0.139. The molecule has 13 N–H and O–H groups in total. The van der Waals surface area contributed by atoms with E-state index in [1.54, 1.807) is 12.1 Å². The van der Waals surface area contributed by atoms with Crippen molar-refractivity contribution >= 4 is 93.8 Å². The Labute approximate surface area is 365 Å². The Morgan fingerprint density at radius 1 is 0.526 bits per heavy atom. The van der Waals surface area contributed by atoms with Gasteiger partial charge in [-0.1, -0.05) is 70.0 Å². The number of carboxylic acids is 4. The van der Waals surface area contributed by atoms with E-state index in [1.807, 2.05) is 55.5 Å². The number of phenols is 1. The smallest absolute Gasteiger partial charge is 0.320 e. The van der Waals surface area contributed by atoms with Gasteiger partial charge in [0, 0.05) is 10.5 Å². The van der Waals surface area contributed by atoms with E-state index in [-0.39, 0.29) is 78.1 Å². The number of rotatable bonds is 12. The van der Waals surface area contributed by atoms with Crippen LogP contribution in [0.1, 0.15) is 27.8 Å². The standard InChI is InChI=1S/C10H13NO2.C9H10BrNO2.C9H9F2NO2.C9H11NO3.4H2S/c1-7-3-2-4-8(5-7)6-9(11)10(12)13;10-7-3-1-6(2-4-7)5-8(11)9(12)13;10-6-1-5(2-7(11)4-6)3-8(12)9(13)14;10-8(9(12)13)5-6-2-1-3-7(11)4-6;;;;/h2-5,9H,6,11H2,1H3,(H,12,13);1-4,8H,5,11H2,(H,12,13);1-2,4,8H,3,12H2,(H,13,14);1-4,8,11H,5,10H2,(H,12,13);4*1H2/t9-;3*8-;;;;/m0000..../s1. The first-order chi connectivity index (χ1) is 24.8. The predicted octanol–water partition coefficient (Wildman–Crippen LogP) is 4.07. The maximum absolute atomic E-state index is 12.7. The molecule has 0 aliphatic heterocycles. The van der Waals surface area contributed by atoms with E-state index >= 15 is 0 Å². The van der Waals surface area contributed by atoms with E-state index in [9.17, 15) is 28.0 Å². The molecular formula is C37H51BrF2N4O9S4. The number of aryl methyl sites for hydroxylation is 1. The zero-order valence-corrected chi connectivity index (χ0v) is 36.2. The topological polar surface area (TPSA) is 274 Å². The van der Waals surface area contributed by atoms with Crippen LogP contribution in [0, 0.1) is 18.6 Å². The molecule has 0 heterocycles. The zero-order valence-electron chi connectivity index (χ0n) is 30.6. The number of carboxylic acid groups (broad SMARTS) is 4. The van der Waals surface area contributed by atoms with E-state index in [1.165, 1.54) is 12.1 Å². The van der Waals surface area contributed by atoms with Crippen LogP contribution in [0.15, 0.2) is 95.5 Å². The van der Waals surface area contributed by atoms with Crippen molar-refractivity contribution in [3.63, 3.8) is 0 Å². The number of benzene rings is 4. The molecule has 318 valence electrons. The predicted molar refractivity (Wildman–Crippen MR) is 239 cm³/mol. The average Bonchev–Trinajstić information content (AvgIpc) is 3.06. The number of hydrogen-bond acceptors (Lipinski definition) is 9. The van der Waals surface area contributed by atoms with Gasteiger partial charge in [-0.25, -0.2) is 8.78 Å². The van der Waals surface area contributed by atoms with Gasteiger partial charge in [-0.15, -0.1) is 0 Å². The SMILES string of the molecule is Cc1cccc(C[C@H](N)C(=O)O)c1.N[C@@H](Cc1cc(F)cc(F)c1)C(=O)O.N[C@@H](Cc1ccc(Br)cc1)C(=O)O.N[C@@H](Cc1cccc(O)c1)C(=O)O.S.S.S.S.